The first-order valence-electron chi connectivity index (χ1n) is 18.5. The Morgan fingerprint density at radius 2 is 0.622 bits per heavy atom. The lowest BCUT2D eigenvalue weighted by atomic mass is 10.1. The highest BCUT2D eigenvalue weighted by Gasteiger charge is 1.97. The van der Waals surface area contributed by atoms with Crippen LogP contribution in [-0.4, -0.2) is 39.8 Å². The third-order valence-electron chi connectivity index (χ3n) is 7.48. The van der Waals surface area contributed by atoms with Crippen LogP contribution in [0.5, 0.6) is 0 Å². The summed E-state index contributed by atoms with van der Waals surface area (Å²) in [6.45, 7) is 4.24. The molecular formula is C38H73NO6. The van der Waals surface area contributed by atoms with Crippen molar-refractivity contribution in [2.45, 2.75) is 194 Å². The first-order chi connectivity index (χ1) is 21.8. The van der Waals surface area contributed by atoms with Gasteiger partial charge >= 0.3 is 17.9 Å². The number of rotatable bonds is 31. The zero-order valence-electron chi connectivity index (χ0n) is 29.5. The second kappa shape index (κ2) is 44.0. The molecule has 7 heteroatoms. The third kappa shape index (κ3) is 58.0. The summed E-state index contributed by atoms with van der Waals surface area (Å²) in [7, 11) is 0. The van der Waals surface area contributed by atoms with E-state index in [0.717, 1.165) is 25.7 Å². The van der Waals surface area contributed by atoms with Crippen molar-refractivity contribution in [3.05, 3.63) is 24.3 Å². The van der Waals surface area contributed by atoms with E-state index in [-0.39, 0.29) is 6.54 Å². The Morgan fingerprint density at radius 1 is 0.400 bits per heavy atom. The van der Waals surface area contributed by atoms with Gasteiger partial charge in [0.2, 0.25) is 0 Å². The molecule has 0 aliphatic carbocycles. The molecule has 0 spiro atoms. The summed E-state index contributed by atoms with van der Waals surface area (Å²) in [6.07, 6.45) is 42.5. The molecule has 0 unspecified atom stereocenters. The van der Waals surface area contributed by atoms with Gasteiger partial charge in [0, 0.05) is 12.8 Å². The number of hydrogen-bond acceptors (Lipinski definition) is 4. The second-order valence-electron chi connectivity index (χ2n) is 12.1. The van der Waals surface area contributed by atoms with E-state index in [4.69, 9.17) is 15.3 Å². The lowest BCUT2D eigenvalue weighted by Gasteiger charge is -1.99. The number of allylic oxidation sites excluding steroid dienone is 4. The topological polar surface area (TPSA) is 138 Å². The Morgan fingerprint density at radius 3 is 0.844 bits per heavy atom. The molecule has 0 aliphatic heterocycles. The van der Waals surface area contributed by atoms with Crippen LogP contribution in [0.25, 0.3) is 0 Å². The average Bonchev–Trinajstić information content (AvgIpc) is 3.01. The number of nitrogens with two attached hydrogens (primary N) is 1. The monoisotopic (exact) mass is 640 g/mol. The van der Waals surface area contributed by atoms with Crippen molar-refractivity contribution in [1.82, 2.24) is 0 Å². The smallest absolute Gasteiger partial charge is 0.317 e. The molecule has 0 radical (unpaired) electrons. The molecule has 0 fully saturated rings. The van der Waals surface area contributed by atoms with E-state index in [1.54, 1.807) is 0 Å². The van der Waals surface area contributed by atoms with E-state index in [1.165, 1.54) is 141 Å². The van der Waals surface area contributed by atoms with Crippen LogP contribution >= 0.6 is 0 Å². The predicted molar refractivity (Wildman–Crippen MR) is 191 cm³/mol. The molecule has 0 rings (SSSR count). The molecule has 0 amide bonds. The van der Waals surface area contributed by atoms with E-state index in [9.17, 15) is 14.4 Å². The molecular weight excluding hydrogens is 566 g/mol. The number of hydrogen-bond donors (Lipinski definition) is 4. The van der Waals surface area contributed by atoms with Crippen LogP contribution in [0.15, 0.2) is 24.3 Å². The molecule has 266 valence electrons. The van der Waals surface area contributed by atoms with Crippen molar-refractivity contribution in [3.8, 4) is 0 Å². The SMILES string of the molecule is CCCCCCCC/C=C\CCCCCCCC(=O)O.CCCCCCCC/C=C\CCCCCCCC(=O)O.NCC(=O)O. The van der Waals surface area contributed by atoms with Gasteiger partial charge in [0.05, 0.1) is 6.54 Å². The van der Waals surface area contributed by atoms with Crippen molar-refractivity contribution in [3.63, 3.8) is 0 Å². The zero-order chi connectivity index (χ0) is 34.1. The Balaban J connectivity index is -0.000000680. The normalized spacial score (nSPS) is 10.8. The van der Waals surface area contributed by atoms with E-state index in [0.29, 0.717) is 12.8 Å². The molecule has 0 aromatic rings. The fourth-order valence-electron chi connectivity index (χ4n) is 4.69. The van der Waals surface area contributed by atoms with Gasteiger partial charge in [0.15, 0.2) is 0 Å². The lowest BCUT2D eigenvalue weighted by Crippen LogP contribution is -2.10. The first kappa shape index (κ1) is 47.3. The van der Waals surface area contributed by atoms with Crippen LogP contribution in [0.4, 0.5) is 0 Å². The van der Waals surface area contributed by atoms with Gasteiger partial charge in [-0.3, -0.25) is 14.4 Å². The molecule has 0 aromatic carbocycles. The minimum absolute atomic E-state index is 0.278. The third-order valence-corrected chi connectivity index (χ3v) is 7.48. The number of carboxylic acids is 3. The van der Waals surface area contributed by atoms with Crippen molar-refractivity contribution in [2.24, 2.45) is 5.73 Å². The summed E-state index contributed by atoms with van der Waals surface area (Å²) in [6, 6.07) is 0. The minimum Gasteiger partial charge on any atom is -0.481 e. The summed E-state index contributed by atoms with van der Waals surface area (Å²) >= 11 is 0. The highest BCUT2D eigenvalue weighted by molar-refractivity contribution is 5.68. The van der Waals surface area contributed by atoms with Crippen LogP contribution in [0.1, 0.15) is 194 Å². The van der Waals surface area contributed by atoms with Gasteiger partial charge in [-0.15, -0.1) is 0 Å². The predicted octanol–water partition coefficient (Wildman–Crippen LogP) is 11.2. The average molecular weight is 640 g/mol. The molecule has 0 aliphatic rings. The second-order valence-corrected chi connectivity index (χ2v) is 12.1. The largest absolute Gasteiger partial charge is 0.481 e. The first-order valence-corrected chi connectivity index (χ1v) is 18.5. The van der Waals surface area contributed by atoms with E-state index in [2.05, 4.69) is 43.9 Å². The highest BCUT2D eigenvalue weighted by Crippen LogP contribution is 2.11. The van der Waals surface area contributed by atoms with Crippen molar-refractivity contribution >= 4 is 17.9 Å². The fourth-order valence-corrected chi connectivity index (χ4v) is 4.69. The quantitative estimate of drug-likeness (QED) is 0.0437. The Hall–Kier alpha value is -2.15. The molecule has 0 bridgehead atoms. The van der Waals surface area contributed by atoms with Gasteiger partial charge in [0.1, 0.15) is 0 Å². The molecule has 0 aromatic heterocycles. The number of carbonyl (C=O) groups is 3. The Kier molecular flexibility index (Phi) is 46.2. The summed E-state index contributed by atoms with van der Waals surface area (Å²) in [5, 5.41) is 24.6. The van der Waals surface area contributed by atoms with Gasteiger partial charge < -0.3 is 21.1 Å². The summed E-state index contributed by atoms with van der Waals surface area (Å²) in [5.41, 5.74) is 4.57. The van der Waals surface area contributed by atoms with Gasteiger partial charge in [-0.05, 0) is 64.2 Å². The number of carboxylic acid groups (broad SMARTS) is 3. The van der Waals surface area contributed by atoms with Crippen LogP contribution in [0, 0.1) is 0 Å². The Labute approximate surface area is 277 Å². The van der Waals surface area contributed by atoms with Crippen molar-refractivity contribution < 1.29 is 29.7 Å². The van der Waals surface area contributed by atoms with Crippen LogP contribution in [0.3, 0.4) is 0 Å². The van der Waals surface area contributed by atoms with Gasteiger partial charge in [-0.1, -0.05) is 141 Å². The van der Waals surface area contributed by atoms with E-state index in [1.807, 2.05) is 0 Å². The van der Waals surface area contributed by atoms with Gasteiger partial charge in [-0.2, -0.15) is 0 Å². The Bertz CT molecular complexity index is 627. The summed E-state index contributed by atoms with van der Waals surface area (Å²) in [5.74, 6) is -2.30. The van der Waals surface area contributed by atoms with E-state index >= 15 is 0 Å². The summed E-state index contributed by atoms with van der Waals surface area (Å²) in [4.78, 5) is 29.9. The number of unbranched alkanes of at least 4 members (excludes halogenated alkanes) is 22. The molecule has 7 nitrogen and oxygen atoms in total. The van der Waals surface area contributed by atoms with Crippen molar-refractivity contribution in [2.75, 3.05) is 6.54 Å². The summed E-state index contributed by atoms with van der Waals surface area (Å²) < 4.78 is 0. The van der Waals surface area contributed by atoms with Crippen LogP contribution in [0.2, 0.25) is 0 Å². The van der Waals surface area contributed by atoms with E-state index < -0.39 is 17.9 Å². The highest BCUT2D eigenvalue weighted by atomic mass is 16.4. The maximum atomic E-state index is 10.3. The lowest BCUT2D eigenvalue weighted by molar-refractivity contribution is -0.138. The fraction of sp³-hybridized carbons (Fsp3) is 0.816. The minimum atomic E-state index is -0.968. The number of aliphatic carboxylic acids is 3. The molecule has 0 heterocycles. The molecule has 0 saturated carbocycles. The standard InChI is InChI=1S/2C18H34O2.C2H5NO2/c2*1-2-3-4-5-6-7-8-9-10-11-12-13-14-15-16-17-18(19)20;3-1-2(4)5/h2*9-10H,2-8,11-17H2,1H3,(H,19,20);1,3H2,(H,4,5)/b2*10-9-;. The molecule has 45 heavy (non-hydrogen) atoms. The van der Waals surface area contributed by atoms with Crippen LogP contribution < -0.4 is 5.73 Å². The maximum absolute atomic E-state index is 10.3. The zero-order valence-corrected chi connectivity index (χ0v) is 29.5. The molecule has 5 N–H and O–H groups in total. The van der Waals surface area contributed by atoms with Crippen molar-refractivity contribution in [1.29, 1.82) is 0 Å². The molecule has 0 saturated heterocycles. The van der Waals surface area contributed by atoms with Gasteiger partial charge in [-0.25, -0.2) is 0 Å². The molecule has 0 atom stereocenters. The maximum Gasteiger partial charge on any atom is 0.317 e. The van der Waals surface area contributed by atoms with Gasteiger partial charge in [0.25, 0.3) is 0 Å². The van der Waals surface area contributed by atoms with Crippen LogP contribution in [-0.2, 0) is 14.4 Å².